The van der Waals surface area contributed by atoms with E-state index in [9.17, 15) is 14.4 Å². The van der Waals surface area contributed by atoms with Gasteiger partial charge < -0.3 is 5.32 Å². The molecule has 0 radical (unpaired) electrons. The van der Waals surface area contributed by atoms with E-state index in [0.29, 0.717) is 11.4 Å². The van der Waals surface area contributed by atoms with Gasteiger partial charge in [0.15, 0.2) is 12.1 Å². The fourth-order valence-corrected chi connectivity index (χ4v) is 3.76. The van der Waals surface area contributed by atoms with Crippen molar-refractivity contribution in [2.45, 2.75) is 12.1 Å². The molecular weight excluding hydrogens is 494 g/mol. The van der Waals surface area contributed by atoms with Crippen molar-refractivity contribution in [3.8, 4) is 0 Å². The van der Waals surface area contributed by atoms with Gasteiger partial charge in [0.2, 0.25) is 5.91 Å². The van der Waals surface area contributed by atoms with E-state index < -0.39 is 23.9 Å². The minimum Gasteiger partial charge on any atom is -0.324 e. The van der Waals surface area contributed by atoms with Crippen molar-refractivity contribution in [1.82, 2.24) is 5.01 Å². The fraction of sp³-hybridized carbons (Fsp3) is 0.167. The van der Waals surface area contributed by atoms with E-state index in [4.69, 9.17) is 0 Å². The summed E-state index contributed by atoms with van der Waals surface area (Å²) in [5, 5.41) is 11.8. The first-order chi connectivity index (χ1) is 13.4. The minimum absolute atomic E-state index is 0.188. The van der Waals surface area contributed by atoms with Crippen LogP contribution in [-0.4, -0.2) is 41.4 Å². The molecular formula is C18H13Br2N5O3. The van der Waals surface area contributed by atoms with E-state index in [1.165, 1.54) is 5.01 Å². The van der Waals surface area contributed by atoms with Crippen molar-refractivity contribution in [2.75, 3.05) is 16.8 Å². The molecule has 2 heterocycles. The highest BCUT2D eigenvalue weighted by molar-refractivity contribution is 9.10. The molecule has 142 valence electrons. The molecule has 0 bridgehead atoms. The Morgan fingerprint density at radius 2 is 1.79 bits per heavy atom. The molecule has 8 nitrogen and oxygen atoms in total. The summed E-state index contributed by atoms with van der Waals surface area (Å²) in [5.41, 5.74) is 1.07. The Kier molecular flexibility index (Phi) is 4.98. The molecule has 0 spiro atoms. The molecule has 0 aliphatic carbocycles. The van der Waals surface area contributed by atoms with E-state index in [2.05, 4.69) is 47.5 Å². The number of nitrogens with one attached hydrogen (secondary N) is 1. The molecule has 2 atom stereocenters. The van der Waals surface area contributed by atoms with Crippen molar-refractivity contribution >= 4 is 61.0 Å². The van der Waals surface area contributed by atoms with E-state index in [1.54, 1.807) is 48.5 Å². The van der Waals surface area contributed by atoms with Crippen LogP contribution in [0.3, 0.4) is 0 Å². The van der Waals surface area contributed by atoms with Crippen LogP contribution in [0.15, 0.2) is 67.8 Å². The van der Waals surface area contributed by atoms with Crippen LogP contribution < -0.4 is 10.2 Å². The topological polar surface area (TPSA) is 94.4 Å². The zero-order valence-electron chi connectivity index (χ0n) is 14.3. The summed E-state index contributed by atoms with van der Waals surface area (Å²) in [6.45, 7) is -0.188. The highest BCUT2D eigenvalue weighted by Gasteiger charge is 2.55. The van der Waals surface area contributed by atoms with Crippen LogP contribution in [0.25, 0.3) is 0 Å². The first-order valence-electron chi connectivity index (χ1n) is 8.30. The molecule has 1 N–H and O–H groups in total. The predicted molar refractivity (Wildman–Crippen MR) is 109 cm³/mol. The molecule has 2 aliphatic heterocycles. The Morgan fingerprint density at radius 3 is 2.50 bits per heavy atom. The van der Waals surface area contributed by atoms with Gasteiger partial charge in [0, 0.05) is 14.6 Å². The molecule has 2 aromatic carbocycles. The second-order valence-electron chi connectivity index (χ2n) is 6.24. The zero-order valence-corrected chi connectivity index (χ0v) is 17.4. The zero-order chi connectivity index (χ0) is 19.8. The summed E-state index contributed by atoms with van der Waals surface area (Å²) in [6, 6.07) is 12.1. The van der Waals surface area contributed by atoms with Crippen LogP contribution in [0.1, 0.15) is 0 Å². The first kappa shape index (κ1) is 18.8. The standard InChI is InChI=1S/C18H13Br2N5O3/c19-10-4-6-12(7-5-10)21-14(26)9-24-16-15(22-23-24)17(27)25(18(16)28)13-3-1-2-11(20)8-13/h1-8,15-16H,9H2,(H,21,26)/t15-,16+/m0/s1. The molecule has 0 saturated carbocycles. The molecule has 1 fully saturated rings. The van der Waals surface area contributed by atoms with Crippen LogP contribution >= 0.6 is 31.9 Å². The van der Waals surface area contributed by atoms with Crippen molar-refractivity contribution < 1.29 is 14.4 Å². The van der Waals surface area contributed by atoms with Crippen LogP contribution in [0.2, 0.25) is 0 Å². The third-order valence-electron chi connectivity index (χ3n) is 4.36. The maximum absolute atomic E-state index is 12.9. The Balaban J connectivity index is 1.49. The van der Waals surface area contributed by atoms with E-state index in [-0.39, 0.29) is 12.5 Å². The van der Waals surface area contributed by atoms with Gasteiger partial charge in [-0.15, -0.1) is 0 Å². The highest BCUT2D eigenvalue weighted by Crippen LogP contribution is 2.32. The van der Waals surface area contributed by atoms with Crippen LogP contribution in [-0.2, 0) is 14.4 Å². The fourth-order valence-electron chi connectivity index (χ4n) is 3.10. The number of carbonyl (C=O) groups excluding carboxylic acids is 3. The average Bonchev–Trinajstić information content (AvgIpc) is 3.17. The largest absolute Gasteiger partial charge is 0.324 e. The van der Waals surface area contributed by atoms with Crippen LogP contribution in [0.4, 0.5) is 11.4 Å². The quantitative estimate of drug-likeness (QED) is 0.644. The SMILES string of the molecule is O=C(CN1N=N[C@@H]2C(=O)N(c3cccc(Br)c3)C(=O)[C@@H]21)Nc1ccc(Br)cc1. The molecule has 3 amide bonds. The molecule has 4 rings (SSSR count). The number of amides is 3. The Morgan fingerprint density at radius 1 is 1.04 bits per heavy atom. The van der Waals surface area contributed by atoms with Crippen molar-refractivity contribution in [2.24, 2.45) is 10.3 Å². The predicted octanol–water partition coefficient (Wildman–Crippen LogP) is 3.14. The van der Waals surface area contributed by atoms with E-state index in [0.717, 1.165) is 13.8 Å². The van der Waals surface area contributed by atoms with Gasteiger partial charge in [-0.1, -0.05) is 43.1 Å². The van der Waals surface area contributed by atoms with Crippen LogP contribution in [0.5, 0.6) is 0 Å². The lowest BCUT2D eigenvalue weighted by atomic mass is 10.1. The number of fused-ring (bicyclic) bond motifs is 1. The number of carbonyl (C=O) groups is 3. The third-order valence-corrected chi connectivity index (χ3v) is 5.38. The number of nitrogens with zero attached hydrogens (tertiary/aromatic N) is 4. The maximum atomic E-state index is 12.9. The van der Waals surface area contributed by atoms with Crippen LogP contribution in [0, 0.1) is 0 Å². The molecule has 0 unspecified atom stereocenters. The molecule has 2 aromatic rings. The van der Waals surface area contributed by atoms with Crippen molar-refractivity contribution in [3.63, 3.8) is 0 Å². The Bertz CT molecular complexity index is 995. The molecule has 10 heteroatoms. The average molecular weight is 507 g/mol. The van der Waals surface area contributed by atoms with Gasteiger partial charge >= 0.3 is 0 Å². The Hall–Kier alpha value is -2.59. The minimum atomic E-state index is -0.938. The van der Waals surface area contributed by atoms with Gasteiger partial charge in [-0.3, -0.25) is 19.4 Å². The van der Waals surface area contributed by atoms with E-state index >= 15 is 0 Å². The Labute approximate surface area is 176 Å². The monoisotopic (exact) mass is 505 g/mol. The number of rotatable bonds is 4. The third kappa shape index (κ3) is 3.45. The number of imide groups is 1. The van der Waals surface area contributed by atoms with Crippen molar-refractivity contribution in [1.29, 1.82) is 0 Å². The van der Waals surface area contributed by atoms with Gasteiger partial charge in [0.05, 0.1) is 5.69 Å². The molecule has 2 aliphatic rings. The number of anilines is 2. The molecule has 0 aromatic heterocycles. The number of halogens is 2. The van der Waals surface area contributed by atoms with Gasteiger partial charge in [0.25, 0.3) is 11.8 Å². The summed E-state index contributed by atoms with van der Waals surface area (Å²) < 4.78 is 1.64. The van der Waals surface area contributed by atoms with E-state index in [1.807, 2.05) is 0 Å². The summed E-state index contributed by atoms with van der Waals surface area (Å²) in [7, 11) is 0. The molecule has 1 saturated heterocycles. The lowest BCUT2D eigenvalue weighted by Crippen LogP contribution is -2.43. The summed E-state index contributed by atoms with van der Waals surface area (Å²) in [6.07, 6.45) is 0. The lowest BCUT2D eigenvalue weighted by Gasteiger charge is -2.20. The summed E-state index contributed by atoms with van der Waals surface area (Å²) >= 11 is 6.66. The van der Waals surface area contributed by atoms with Gasteiger partial charge in [0.1, 0.15) is 6.54 Å². The van der Waals surface area contributed by atoms with Gasteiger partial charge in [-0.25, -0.2) is 4.90 Å². The number of hydrogen-bond acceptors (Lipinski definition) is 6. The van der Waals surface area contributed by atoms with Gasteiger partial charge in [-0.2, -0.15) is 5.11 Å². The summed E-state index contributed by atoms with van der Waals surface area (Å²) in [5.74, 6) is -1.26. The normalized spacial score (nSPS) is 20.6. The van der Waals surface area contributed by atoms with Crippen molar-refractivity contribution in [3.05, 3.63) is 57.5 Å². The maximum Gasteiger partial charge on any atom is 0.263 e. The smallest absolute Gasteiger partial charge is 0.263 e. The second kappa shape index (κ2) is 7.44. The second-order valence-corrected chi connectivity index (χ2v) is 8.07. The lowest BCUT2D eigenvalue weighted by molar-refractivity contribution is -0.123. The van der Waals surface area contributed by atoms with Gasteiger partial charge in [-0.05, 0) is 42.5 Å². The first-order valence-corrected chi connectivity index (χ1v) is 9.89. The summed E-state index contributed by atoms with van der Waals surface area (Å²) in [4.78, 5) is 39.0. The highest BCUT2D eigenvalue weighted by atomic mass is 79.9. The molecule has 28 heavy (non-hydrogen) atoms. The number of benzene rings is 2. The number of hydrogen-bond donors (Lipinski definition) is 1.